The lowest BCUT2D eigenvalue weighted by molar-refractivity contribution is -0.142. The summed E-state index contributed by atoms with van der Waals surface area (Å²) in [6, 6.07) is 13.5. The summed E-state index contributed by atoms with van der Waals surface area (Å²) in [4.78, 5) is 46.7. The van der Waals surface area contributed by atoms with Gasteiger partial charge < -0.3 is 14.8 Å². The molecule has 3 N–H and O–H groups in total. The Labute approximate surface area is 188 Å². The topological polar surface area (TPSA) is 130 Å². The minimum absolute atomic E-state index is 0.212. The summed E-state index contributed by atoms with van der Waals surface area (Å²) in [5.41, 5.74) is 1.25. The molecule has 0 amide bonds. The molecule has 1 unspecified atom stereocenters. The van der Waals surface area contributed by atoms with E-state index in [-0.39, 0.29) is 12.0 Å². The highest BCUT2D eigenvalue weighted by atomic mass is 16.5. The lowest BCUT2D eigenvalue weighted by Crippen LogP contribution is -2.31. The molecule has 0 spiro atoms. The smallest absolute Gasteiger partial charge is 0.335 e. The SMILES string of the molecule is COC(=O)C(Cc1c[nH]c2ccccc12)N=Cc1c(O)n(-c2ccc(C)cc2)c(=O)[nH]c1=O. The number of nitrogens with one attached hydrogen (secondary N) is 2. The molecule has 1 atom stereocenters. The second kappa shape index (κ2) is 8.99. The van der Waals surface area contributed by atoms with Gasteiger partial charge in [0.15, 0.2) is 6.04 Å². The minimum Gasteiger partial charge on any atom is -0.493 e. The van der Waals surface area contributed by atoms with Crippen LogP contribution < -0.4 is 11.2 Å². The van der Waals surface area contributed by atoms with Crippen molar-refractivity contribution in [1.29, 1.82) is 0 Å². The Kier molecular flexibility index (Phi) is 5.95. The first-order chi connectivity index (χ1) is 15.9. The molecule has 0 fully saturated rings. The van der Waals surface area contributed by atoms with Crippen molar-refractivity contribution in [2.75, 3.05) is 7.11 Å². The number of aromatic nitrogens is 3. The predicted octanol–water partition coefficient (Wildman–Crippen LogP) is 2.22. The van der Waals surface area contributed by atoms with Crippen molar-refractivity contribution in [2.45, 2.75) is 19.4 Å². The number of methoxy groups -OCH3 is 1. The lowest BCUT2D eigenvalue weighted by atomic mass is 10.1. The van der Waals surface area contributed by atoms with Crippen molar-refractivity contribution >= 4 is 23.1 Å². The molecule has 0 aliphatic carbocycles. The van der Waals surface area contributed by atoms with Gasteiger partial charge in [0.25, 0.3) is 5.56 Å². The zero-order valence-electron chi connectivity index (χ0n) is 18.0. The number of hydrogen-bond donors (Lipinski definition) is 3. The van der Waals surface area contributed by atoms with Gasteiger partial charge in [-0.15, -0.1) is 0 Å². The molecule has 0 bridgehead atoms. The maximum absolute atomic E-state index is 12.4. The Balaban J connectivity index is 1.72. The van der Waals surface area contributed by atoms with Crippen LogP contribution in [0.25, 0.3) is 16.6 Å². The summed E-state index contributed by atoms with van der Waals surface area (Å²) in [6.07, 6.45) is 3.09. The number of rotatable bonds is 6. The molecule has 33 heavy (non-hydrogen) atoms. The van der Waals surface area contributed by atoms with Crippen LogP contribution in [0.3, 0.4) is 0 Å². The van der Waals surface area contributed by atoms with E-state index in [4.69, 9.17) is 4.74 Å². The van der Waals surface area contributed by atoms with Gasteiger partial charge in [0.2, 0.25) is 5.88 Å². The summed E-state index contributed by atoms with van der Waals surface area (Å²) in [6.45, 7) is 1.89. The van der Waals surface area contributed by atoms with Gasteiger partial charge in [0.1, 0.15) is 5.56 Å². The Hall–Kier alpha value is -4.40. The molecule has 2 aromatic carbocycles. The molecule has 168 valence electrons. The van der Waals surface area contributed by atoms with Gasteiger partial charge >= 0.3 is 11.7 Å². The first-order valence-electron chi connectivity index (χ1n) is 10.2. The van der Waals surface area contributed by atoms with Gasteiger partial charge in [-0.3, -0.25) is 14.8 Å². The van der Waals surface area contributed by atoms with Gasteiger partial charge in [-0.1, -0.05) is 35.9 Å². The molecule has 4 aromatic rings. The van der Waals surface area contributed by atoms with E-state index in [1.165, 1.54) is 7.11 Å². The number of aliphatic imine (C=N–C) groups is 1. The van der Waals surface area contributed by atoms with Crippen molar-refractivity contribution in [3.63, 3.8) is 0 Å². The fraction of sp³-hybridized carbons (Fsp3) is 0.167. The van der Waals surface area contributed by atoms with E-state index in [9.17, 15) is 19.5 Å². The largest absolute Gasteiger partial charge is 0.493 e. The van der Waals surface area contributed by atoms with Crippen LogP contribution in [-0.2, 0) is 16.0 Å². The average molecular weight is 446 g/mol. The molecule has 0 saturated carbocycles. The van der Waals surface area contributed by atoms with Crippen LogP contribution in [0, 0.1) is 6.92 Å². The summed E-state index contributed by atoms with van der Waals surface area (Å²) >= 11 is 0. The average Bonchev–Trinajstić information content (AvgIpc) is 3.21. The summed E-state index contributed by atoms with van der Waals surface area (Å²) in [7, 11) is 1.25. The summed E-state index contributed by atoms with van der Waals surface area (Å²) in [5.74, 6) is -1.17. The summed E-state index contributed by atoms with van der Waals surface area (Å²) in [5, 5.41) is 11.7. The van der Waals surface area contributed by atoms with Gasteiger partial charge in [-0.05, 0) is 30.7 Å². The number of aryl methyl sites for hydroxylation is 1. The Bertz CT molecular complexity index is 1460. The zero-order valence-corrected chi connectivity index (χ0v) is 18.0. The number of carbonyl (C=O) groups excluding carboxylic acids is 1. The van der Waals surface area contributed by atoms with Crippen molar-refractivity contribution < 1.29 is 14.6 Å². The van der Waals surface area contributed by atoms with Gasteiger partial charge in [-0.25, -0.2) is 14.2 Å². The highest BCUT2D eigenvalue weighted by molar-refractivity contribution is 5.87. The van der Waals surface area contributed by atoms with Gasteiger partial charge in [0, 0.05) is 29.7 Å². The maximum atomic E-state index is 12.4. The van der Waals surface area contributed by atoms with Gasteiger partial charge in [0.05, 0.1) is 12.8 Å². The quantitative estimate of drug-likeness (QED) is 0.309. The van der Waals surface area contributed by atoms with Crippen LogP contribution in [-0.4, -0.2) is 45.0 Å². The number of para-hydroxylation sites is 1. The third kappa shape index (κ3) is 4.33. The molecule has 2 aromatic heterocycles. The molecular formula is C24H22N4O5. The van der Waals surface area contributed by atoms with E-state index in [0.717, 1.165) is 32.8 Å². The first kappa shape index (κ1) is 21.8. The number of fused-ring (bicyclic) bond motifs is 1. The van der Waals surface area contributed by atoms with E-state index in [1.54, 1.807) is 30.5 Å². The number of H-pyrrole nitrogens is 2. The van der Waals surface area contributed by atoms with E-state index in [0.29, 0.717) is 5.69 Å². The standard InChI is InChI=1S/C24H22N4O5/c1-14-7-9-16(10-8-14)28-22(30)18(21(29)27-24(28)32)13-26-20(23(31)33-2)11-15-12-25-19-6-4-3-5-17(15)19/h3-10,12-13,20,25,30H,11H2,1-2H3,(H,27,29,32). The Morgan fingerprint density at radius 1 is 1.18 bits per heavy atom. The van der Waals surface area contributed by atoms with Crippen molar-refractivity contribution in [2.24, 2.45) is 4.99 Å². The van der Waals surface area contributed by atoms with Crippen molar-refractivity contribution in [1.82, 2.24) is 14.5 Å². The number of aromatic amines is 2. The maximum Gasteiger partial charge on any atom is 0.335 e. The molecule has 0 radical (unpaired) electrons. The minimum atomic E-state index is -0.965. The molecular weight excluding hydrogens is 424 g/mol. The second-order valence-electron chi connectivity index (χ2n) is 7.55. The number of nitrogens with zero attached hydrogens (tertiary/aromatic N) is 2. The van der Waals surface area contributed by atoms with Crippen LogP contribution in [0.4, 0.5) is 0 Å². The molecule has 4 rings (SSSR count). The highest BCUT2D eigenvalue weighted by Gasteiger charge is 2.21. The summed E-state index contributed by atoms with van der Waals surface area (Å²) < 4.78 is 5.85. The van der Waals surface area contributed by atoms with Crippen molar-refractivity contribution in [3.05, 3.63) is 92.3 Å². The number of aromatic hydroxyl groups is 1. The molecule has 0 aliphatic heterocycles. The molecule has 0 saturated heterocycles. The molecule has 9 nitrogen and oxygen atoms in total. The Morgan fingerprint density at radius 3 is 2.64 bits per heavy atom. The van der Waals surface area contributed by atoms with Crippen molar-refractivity contribution in [3.8, 4) is 11.6 Å². The van der Waals surface area contributed by atoms with Crippen LogP contribution in [0.2, 0.25) is 0 Å². The number of esters is 1. The van der Waals surface area contributed by atoms with Crippen LogP contribution in [0.5, 0.6) is 5.88 Å². The number of benzene rings is 2. The van der Waals surface area contributed by atoms with Crippen LogP contribution >= 0.6 is 0 Å². The normalized spacial score (nSPS) is 12.3. The highest BCUT2D eigenvalue weighted by Crippen LogP contribution is 2.21. The second-order valence-corrected chi connectivity index (χ2v) is 7.55. The zero-order chi connectivity index (χ0) is 23.5. The number of carbonyl (C=O) groups is 1. The van der Waals surface area contributed by atoms with E-state index >= 15 is 0 Å². The molecule has 9 heteroatoms. The van der Waals surface area contributed by atoms with E-state index in [1.807, 2.05) is 31.2 Å². The van der Waals surface area contributed by atoms with Crippen LogP contribution in [0.1, 0.15) is 16.7 Å². The van der Waals surface area contributed by atoms with Gasteiger partial charge in [-0.2, -0.15) is 0 Å². The third-order valence-corrected chi connectivity index (χ3v) is 5.36. The fourth-order valence-corrected chi connectivity index (χ4v) is 3.59. The lowest BCUT2D eigenvalue weighted by Gasteiger charge is -2.11. The third-order valence-electron chi connectivity index (χ3n) is 5.36. The Morgan fingerprint density at radius 2 is 1.91 bits per heavy atom. The first-order valence-corrected chi connectivity index (χ1v) is 10.2. The predicted molar refractivity (Wildman–Crippen MR) is 124 cm³/mol. The fourth-order valence-electron chi connectivity index (χ4n) is 3.59. The number of hydrogen-bond acceptors (Lipinski definition) is 6. The number of ether oxygens (including phenoxy) is 1. The molecule has 0 aliphatic rings. The van der Waals surface area contributed by atoms with Crippen LogP contribution in [0.15, 0.2) is 69.3 Å². The van der Waals surface area contributed by atoms with E-state index < -0.39 is 29.1 Å². The monoisotopic (exact) mass is 446 g/mol. The molecule has 2 heterocycles. The van der Waals surface area contributed by atoms with E-state index in [2.05, 4.69) is 15.0 Å².